The predicted molar refractivity (Wildman–Crippen MR) is 95.4 cm³/mol. The number of nitrogens with zero attached hydrogens (tertiary/aromatic N) is 5. The van der Waals surface area contributed by atoms with E-state index in [0.717, 1.165) is 15.4 Å². The minimum atomic E-state index is -4.09. The van der Waals surface area contributed by atoms with Crippen LogP contribution in [0.1, 0.15) is 18.4 Å². The molecule has 1 saturated heterocycles. The molecule has 1 aliphatic heterocycles. The van der Waals surface area contributed by atoms with Crippen LogP contribution in [0.4, 0.5) is 5.82 Å². The van der Waals surface area contributed by atoms with Crippen LogP contribution in [-0.4, -0.2) is 64.1 Å². The highest BCUT2D eigenvalue weighted by molar-refractivity contribution is 7.86. The second-order valence-corrected chi connectivity index (χ2v) is 8.08. The monoisotopic (exact) mass is 402 g/mol. The lowest BCUT2D eigenvalue weighted by molar-refractivity contribution is -0.137. The van der Waals surface area contributed by atoms with E-state index in [2.05, 4.69) is 10.1 Å². The quantitative estimate of drug-likeness (QED) is 0.731. The number of carboxylic acid groups (broad SMARTS) is 1. The summed E-state index contributed by atoms with van der Waals surface area (Å²) in [6.45, 7) is 2.28. The summed E-state index contributed by atoms with van der Waals surface area (Å²) in [6.07, 6.45) is 2.29. The fraction of sp³-hybridized carbons (Fsp3) is 0.500. The van der Waals surface area contributed by atoms with E-state index in [9.17, 15) is 13.2 Å². The molecule has 12 heteroatoms. The van der Waals surface area contributed by atoms with Crippen LogP contribution >= 0.6 is 11.6 Å². The van der Waals surface area contributed by atoms with E-state index in [4.69, 9.17) is 21.8 Å². The Morgan fingerprint density at radius 1 is 1.46 bits per heavy atom. The Hall–Kier alpha value is -1.95. The Morgan fingerprint density at radius 2 is 2.12 bits per heavy atom. The maximum atomic E-state index is 11.7. The normalized spacial score (nSPS) is 16.5. The largest absolute Gasteiger partial charge is 0.480 e. The average Bonchev–Trinajstić information content (AvgIpc) is 2.86. The van der Waals surface area contributed by atoms with Gasteiger partial charge in [0, 0.05) is 19.1 Å². The number of piperidine rings is 1. The standard InChI is InChI=1S/C14H19ClN6O4S/c1-9-6-11(15)21-13(9)14(17-8-18-21)19-4-2-10(3-5-19)20(7-12(22)23)26(16,24)25/h6,8,10H,2-5,7H2,1H3,(H,22,23)(H2,16,24,25). The van der Waals surface area contributed by atoms with Crippen molar-refractivity contribution in [3.8, 4) is 0 Å². The molecule has 0 radical (unpaired) electrons. The van der Waals surface area contributed by atoms with Gasteiger partial charge in [0.05, 0.1) is 0 Å². The molecule has 0 atom stereocenters. The minimum absolute atomic E-state index is 0.438. The lowest BCUT2D eigenvalue weighted by atomic mass is 10.0. The van der Waals surface area contributed by atoms with Crippen molar-refractivity contribution in [3.05, 3.63) is 23.1 Å². The van der Waals surface area contributed by atoms with E-state index in [0.29, 0.717) is 36.9 Å². The highest BCUT2D eigenvalue weighted by Crippen LogP contribution is 2.29. The van der Waals surface area contributed by atoms with Crippen molar-refractivity contribution < 1.29 is 18.3 Å². The van der Waals surface area contributed by atoms with E-state index in [1.807, 2.05) is 11.8 Å². The highest BCUT2D eigenvalue weighted by atomic mass is 35.5. The van der Waals surface area contributed by atoms with Gasteiger partial charge in [-0.2, -0.15) is 17.8 Å². The molecule has 0 unspecified atom stereocenters. The summed E-state index contributed by atoms with van der Waals surface area (Å²) < 4.78 is 25.9. The molecule has 0 aliphatic carbocycles. The molecule has 0 saturated carbocycles. The van der Waals surface area contributed by atoms with Crippen LogP contribution in [0.15, 0.2) is 12.4 Å². The average molecular weight is 403 g/mol. The van der Waals surface area contributed by atoms with Gasteiger partial charge >= 0.3 is 5.97 Å². The third kappa shape index (κ3) is 3.61. The first-order chi connectivity index (χ1) is 12.2. The summed E-state index contributed by atoms with van der Waals surface area (Å²) in [4.78, 5) is 17.3. The number of aryl methyl sites for hydroxylation is 1. The summed E-state index contributed by atoms with van der Waals surface area (Å²) in [5.41, 5.74) is 1.73. The number of carboxylic acids is 1. The maximum Gasteiger partial charge on any atom is 0.318 e. The van der Waals surface area contributed by atoms with Crippen LogP contribution < -0.4 is 10.0 Å². The van der Waals surface area contributed by atoms with Gasteiger partial charge in [-0.1, -0.05) is 11.6 Å². The van der Waals surface area contributed by atoms with E-state index in [1.54, 1.807) is 10.6 Å². The number of hydrogen-bond donors (Lipinski definition) is 2. The van der Waals surface area contributed by atoms with Gasteiger partial charge in [0.15, 0.2) is 5.82 Å². The summed E-state index contributed by atoms with van der Waals surface area (Å²) in [6, 6.07) is 1.34. The van der Waals surface area contributed by atoms with Gasteiger partial charge in [0.25, 0.3) is 10.2 Å². The third-order valence-corrected chi connectivity index (χ3v) is 5.82. The Kier molecular flexibility index (Phi) is 5.06. The fourth-order valence-electron chi connectivity index (χ4n) is 3.32. The topological polar surface area (TPSA) is 134 Å². The van der Waals surface area contributed by atoms with Crippen molar-refractivity contribution in [1.82, 2.24) is 18.9 Å². The Bertz CT molecular complexity index is 938. The van der Waals surface area contributed by atoms with Crippen LogP contribution in [0.5, 0.6) is 0 Å². The fourth-order valence-corrected chi connectivity index (χ4v) is 4.53. The molecule has 10 nitrogen and oxygen atoms in total. The molecule has 3 heterocycles. The molecule has 26 heavy (non-hydrogen) atoms. The molecule has 1 aliphatic rings. The second kappa shape index (κ2) is 6.99. The second-order valence-electron chi connectivity index (χ2n) is 6.20. The van der Waals surface area contributed by atoms with Crippen molar-refractivity contribution in [2.45, 2.75) is 25.8 Å². The summed E-state index contributed by atoms with van der Waals surface area (Å²) in [7, 11) is -4.09. The van der Waals surface area contributed by atoms with Gasteiger partial charge in [-0.3, -0.25) is 4.79 Å². The van der Waals surface area contributed by atoms with Gasteiger partial charge in [-0.05, 0) is 31.4 Å². The van der Waals surface area contributed by atoms with Gasteiger partial charge in [-0.25, -0.2) is 14.6 Å². The summed E-state index contributed by atoms with van der Waals surface area (Å²) in [5.74, 6) is -0.527. The number of hydrogen-bond acceptors (Lipinski definition) is 6. The summed E-state index contributed by atoms with van der Waals surface area (Å²) in [5, 5.41) is 18.8. The molecule has 0 aromatic carbocycles. The number of aromatic nitrogens is 3. The zero-order valence-corrected chi connectivity index (χ0v) is 15.6. The van der Waals surface area contributed by atoms with Crippen molar-refractivity contribution in [2.24, 2.45) is 5.14 Å². The van der Waals surface area contributed by atoms with E-state index in [-0.39, 0.29) is 0 Å². The molecule has 2 aromatic rings. The molecule has 3 rings (SSSR count). The van der Waals surface area contributed by atoms with Gasteiger partial charge in [0.1, 0.15) is 23.5 Å². The lowest BCUT2D eigenvalue weighted by Gasteiger charge is -2.37. The van der Waals surface area contributed by atoms with Crippen LogP contribution in [0.3, 0.4) is 0 Å². The summed E-state index contributed by atoms with van der Waals surface area (Å²) >= 11 is 6.16. The number of nitrogens with two attached hydrogens (primary N) is 1. The Morgan fingerprint density at radius 3 is 2.69 bits per heavy atom. The lowest BCUT2D eigenvalue weighted by Crippen LogP contribution is -2.51. The smallest absolute Gasteiger partial charge is 0.318 e. The first-order valence-corrected chi connectivity index (χ1v) is 9.81. The van der Waals surface area contributed by atoms with Crippen LogP contribution in [-0.2, 0) is 15.0 Å². The van der Waals surface area contributed by atoms with Gasteiger partial charge in [0.2, 0.25) is 0 Å². The first-order valence-electron chi connectivity index (χ1n) is 7.93. The minimum Gasteiger partial charge on any atom is -0.480 e. The SMILES string of the molecule is Cc1cc(Cl)n2ncnc(N3CCC(N(CC(=O)O)S(N)(=O)=O)CC3)c12. The van der Waals surface area contributed by atoms with E-state index < -0.39 is 28.8 Å². The van der Waals surface area contributed by atoms with Crippen LogP contribution in [0.25, 0.3) is 5.52 Å². The number of rotatable bonds is 5. The third-order valence-electron chi connectivity index (χ3n) is 4.47. The molecular formula is C14H19ClN6O4S. The molecule has 0 spiro atoms. The number of carbonyl (C=O) groups is 1. The van der Waals surface area contributed by atoms with Crippen molar-refractivity contribution >= 4 is 39.1 Å². The van der Waals surface area contributed by atoms with Gasteiger partial charge in [-0.15, -0.1) is 0 Å². The zero-order chi connectivity index (χ0) is 19.1. The number of aliphatic carboxylic acids is 1. The van der Waals surface area contributed by atoms with E-state index in [1.165, 1.54) is 6.33 Å². The molecule has 0 amide bonds. The van der Waals surface area contributed by atoms with E-state index >= 15 is 0 Å². The highest BCUT2D eigenvalue weighted by Gasteiger charge is 2.33. The Balaban J connectivity index is 1.82. The number of halogens is 1. The zero-order valence-electron chi connectivity index (χ0n) is 14.0. The maximum absolute atomic E-state index is 11.7. The molecule has 0 bridgehead atoms. The Labute approximate surface area is 155 Å². The molecular weight excluding hydrogens is 384 g/mol. The molecule has 142 valence electrons. The van der Waals surface area contributed by atoms with Crippen LogP contribution in [0.2, 0.25) is 5.15 Å². The van der Waals surface area contributed by atoms with Gasteiger partial charge < -0.3 is 10.0 Å². The molecule has 1 fully saturated rings. The van der Waals surface area contributed by atoms with Crippen molar-refractivity contribution in [1.29, 1.82) is 0 Å². The number of fused-ring (bicyclic) bond motifs is 1. The van der Waals surface area contributed by atoms with Crippen LogP contribution in [0, 0.1) is 6.92 Å². The van der Waals surface area contributed by atoms with Crippen molar-refractivity contribution in [2.75, 3.05) is 24.5 Å². The molecule has 3 N–H and O–H groups in total. The first kappa shape index (κ1) is 18.8. The molecule has 2 aromatic heterocycles. The number of anilines is 1. The predicted octanol–water partition coefficient (Wildman–Crippen LogP) is 0.250. The van der Waals surface area contributed by atoms with Crippen molar-refractivity contribution in [3.63, 3.8) is 0 Å².